The second-order valence-corrected chi connectivity index (χ2v) is 6.30. The number of primary amides is 1. The summed E-state index contributed by atoms with van der Waals surface area (Å²) in [6, 6.07) is 11.7. The zero-order valence-electron chi connectivity index (χ0n) is 13.9. The van der Waals surface area contributed by atoms with Crippen molar-refractivity contribution in [3.63, 3.8) is 0 Å². The van der Waals surface area contributed by atoms with Gasteiger partial charge in [-0.1, -0.05) is 54.2 Å². The van der Waals surface area contributed by atoms with Gasteiger partial charge in [0.1, 0.15) is 11.1 Å². The number of thioether (sulfide) groups is 1. The number of Topliss-reactive ketones (excluding diaryl/α,β-unsaturated/α-hetero) is 1. The van der Waals surface area contributed by atoms with Gasteiger partial charge < -0.3 is 5.73 Å². The molecule has 2 N–H and O–H groups in total. The molecule has 0 atom stereocenters. The number of hydrogen-bond donors (Lipinski definition) is 1. The van der Waals surface area contributed by atoms with Crippen molar-refractivity contribution >= 4 is 35.6 Å². The summed E-state index contributed by atoms with van der Waals surface area (Å²) in [5, 5.41) is 9.99. The lowest BCUT2D eigenvalue weighted by Crippen LogP contribution is -2.14. The highest BCUT2D eigenvalue weighted by Crippen LogP contribution is 2.29. The SMILES string of the molecule is CC(=O)c1c(C)nc(SCC(N)=O)c(C#N)c1/C=C/c1ccccc1. The summed E-state index contributed by atoms with van der Waals surface area (Å²) in [6.45, 7) is 3.16. The lowest BCUT2D eigenvalue weighted by Gasteiger charge is -2.12. The Labute approximate surface area is 150 Å². The number of pyridine rings is 1. The molecule has 0 aliphatic rings. The van der Waals surface area contributed by atoms with Crippen molar-refractivity contribution in [2.24, 2.45) is 5.73 Å². The number of aryl methyl sites for hydroxylation is 1. The van der Waals surface area contributed by atoms with E-state index < -0.39 is 5.91 Å². The van der Waals surface area contributed by atoms with E-state index in [-0.39, 0.29) is 17.1 Å². The van der Waals surface area contributed by atoms with Gasteiger partial charge >= 0.3 is 0 Å². The van der Waals surface area contributed by atoms with Crippen LogP contribution in [-0.2, 0) is 4.79 Å². The fraction of sp³-hybridized carbons (Fsp3) is 0.158. The Hall–Kier alpha value is -2.91. The molecule has 5 nitrogen and oxygen atoms in total. The van der Waals surface area contributed by atoms with Gasteiger partial charge in [0.2, 0.25) is 5.91 Å². The van der Waals surface area contributed by atoms with Gasteiger partial charge in [-0.05, 0) is 19.4 Å². The van der Waals surface area contributed by atoms with Crippen LogP contribution in [0.1, 0.15) is 39.7 Å². The molecule has 1 amide bonds. The number of benzene rings is 1. The van der Waals surface area contributed by atoms with Crippen LogP contribution in [0, 0.1) is 18.3 Å². The van der Waals surface area contributed by atoms with Gasteiger partial charge in [-0.15, -0.1) is 0 Å². The van der Waals surface area contributed by atoms with Crippen molar-refractivity contribution in [3.05, 3.63) is 58.3 Å². The average Bonchev–Trinajstić information content (AvgIpc) is 2.58. The molecule has 0 unspecified atom stereocenters. The highest BCUT2D eigenvalue weighted by atomic mass is 32.2. The van der Waals surface area contributed by atoms with Crippen LogP contribution in [0.4, 0.5) is 0 Å². The zero-order valence-corrected chi connectivity index (χ0v) is 14.8. The van der Waals surface area contributed by atoms with E-state index in [1.165, 1.54) is 6.92 Å². The molecule has 25 heavy (non-hydrogen) atoms. The summed E-state index contributed by atoms with van der Waals surface area (Å²) < 4.78 is 0. The van der Waals surface area contributed by atoms with Crippen LogP contribution in [-0.4, -0.2) is 22.4 Å². The first-order chi connectivity index (χ1) is 11.9. The summed E-state index contributed by atoms with van der Waals surface area (Å²) in [5.74, 6) is -0.645. The van der Waals surface area contributed by atoms with E-state index in [9.17, 15) is 14.9 Å². The number of rotatable bonds is 6. The summed E-state index contributed by atoms with van der Waals surface area (Å²) in [4.78, 5) is 27.5. The number of hydrogen-bond acceptors (Lipinski definition) is 5. The van der Waals surface area contributed by atoms with Crippen LogP contribution >= 0.6 is 11.8 Å². The standard InChI is InChI=1S/C19H17N3O2S/c1-12-18(13(2)23)15(9-8-14-6-4-3-5-7-14)16(10-20)19(22-12)25-11-17(21)24/h3-9H,11H2,1-2H3,(H2,21,24)/b9-8+. The van der Waals surface area contributed by atoms with Crippen LogP contribution in [0.15, 0.2) is 35.4 Å². The zero-order chi connectivity index (χ0) is 18.4. The maximum Gasteiger partial charge on any atom is 0.227 e. The summed E-state index contributed by atoms with van der Waals surface area (Å²) in [7, 11) is 0. The molecular weight excluding hydrogens is 334 g/mol. The summed E-state index contributed by atoms with van der Waals surface area (Å²) >= 11 is 1.10. The van der Waals surface area contributed by atoms with Gasteiger partial charge in [-0.25, -0.2) is 4.98 Å². The van der Waals surface area contributed by atoms with E-state index in [0.717, 1.165) is 17.3 Å². The predicted octanol–water partition coefficient (Wildman–Crippen LogP) is 3.21. The quantitative estimate of drug-likeness (QED) is 0.636. The maximum atomic E-state index is 12.1. The number of aromatic nitrogens is 1. The minimum Gasteiger partial charge on any atom is -0.369 e. The van der Waals surface area contributed by atoms with Crippen LogP contribution in [0.5, 0.6) is 0 Å². The Morgan fingerprint density at radius 3 is 2.52 bits per heavy atom. The molecule has 1 aromatic heterocycles. The minimum absolute atomic E-state index is 0.0162. The number of carbonyl (C=O) groups excluding carboxylic acids is 2. The van der Waals surface area contributed by atoms with Crippen LogP contribution < -0.4 is 5.73 Å². The van der Waals surface area contributed by atoms with Crippen molar-refractivity contribution in [3.8, 4) is 6.07 Å². The monoisotopic (exact) mass is 351 g/mol. The largest absolute Gasteiger partial charge is 0.369 e. The van der Waals surface area contributed by atoms with Gasteiger partial charge in [0.25, 0.3) is 0 Å². The third-order valence-corrected chi connectivity index (χ3v) is 4.44. The lowest BCUT2D eigenvalue weighted by molar-refractivity contribution is -0.115. The molecule has 0 fully saturated rings. The van der Waals surface area contributed by atoms with Gasteiger partial charge in [0.05, 0.1) is 17.0 Å². The number of amides is 1. The highest BCUT2D eigenvalue weighted by molar-refractivity contribution is 8.00. The van der Waals surface area contributed by atoms with Crippen molar-refractivity contribution in [1.29, 1.82) is 5.26 Å². The lowest BCUT2D eigenvalue weighted by atomic mass is 9.98. The van der Waals surface area contributed by atoms with Crippen LogP contribution in [0.3, 0.4) is 0 Å². The van der Waals surface area contributed by atoms with Gasteiger partial charge in [-0.2, -0.15) is 5.26 Å². The molecule has 1 aromatic carbocycles. The number of nitrogens with zero attached hydrogens (tertiary/aromatic N) is 2. The smallest absolute Gasteiger partial charge is 0.227 e. The number of nitrogens with two attached hydrogens (primary N) is 1. The molecule has 0 spiro atoms. The molecule has 1 heterocycles. The molecule has 2 aromatic rings. The van der Waals surface area contributed by atoms with Gasteiger partial charge in [0.15, 0.2) is 5.78 Å². The first kappa shape index (κ1) is 18.4. The van der Waals surface area contributed by atoms with Crippen LogP contribution in [0.2, 0.25) is 0 Å². The van der Waals surface area contributed by atoms with Crippen molar-refractivity contribution in [1.82, 2.24) is 4.98 Å². The minimum atomic E-state index is -0.495. The van der Waals surface area contributed by atoms with Gasteiger partial charge in [0, 0.05) is 11.1 Å². The Morgan fingerprint density at radius 2 is 1.96 bits per heavy atom. The first-order valence-electron chi connectivity index (χ1n) is 7.54. The first-order valence-corrected chi connectivity index (χ1v) is 8.52. The van der Waals surface area contributed by atoms with E-state index in [1.807, 2.05) is 36.4 Å². The Morgan fingerprint density at radius 1 is 1.28 bits per heavy atom. The number of nitriles is 1. The van der Waals surface area contributed by atoms with Crippen LogP contribution in [0.25, 0.3) is 12.2 Å². The van der Waals surface area contributed by atoms with E-state index in [1.54, 1.807) is 13.0 Å². The fourth-order valence-corrected chi connectivity index (χ4v) is 3.19. The second-order valence-electron chi connectivity index (χ2n) is 5.33. The van der Waals surface area contributed by atoms with Gasteiger partial charge in [-0.3, -0.25) is 9.59 Å². The number of ketones is 1. The maximum absolute atomic E-state index is 12.1. The van der Waals surface area contributed by atoms with Crippen molar-refractivity contribution in [2.45, 2.75) is 18.9 Å². The van der Waals surface area contributed by atoms with E-state index in [2.05, 4.69) is 11.1 Å². The summed E-state index contributed by atoms with van der Waals surface area (Å²) in [6.07, 6.45) is 3.58. The topological polar surface area (TPSA) is 96.8 Å². The highest BCUT2D eigenvalue weighted by Gasteiger charge is 2.19. The Kier molecular flexibility index (Phi) is 6.09. The molecule has 126 valence electrons. The molecular formula is C19H17N3O2S. The molecule has 0 saturated carbocycles. The average molecular weight is 351 g/mol. The molecule has 6 heteroatoms. The molecule has 0 aliphatic heterocycles. The Bertz CT molecular complexity index is 884. The third-order valence-electron chi connectivity index (χ3n) is 3.44. The molecule has 0 radical (unpaired) electrons. The molecule has 2 rings (SSSR count). The van der Waals surface area contributed by atoms with Crippen molar-refractivity contribution in [2.75, 3.05) is 5.75 Å². The molecule has 0 saturated heterocycles. The van der Waals surface area contributed by atoms with Crippen molar-refractivity contribution < 1.29 is 9.59 Å². The second kappa shape index (κ2) is 8.27. The normalized spacial score (nSPS) is 10.6. The fourth-order valence-electron chi connectivity index (χ4n) is 2.41. The molecule has 0 aliphatic carbocycles. The third kappa shape index (κ3) is 4.55. The summed E-state index contributed by atoms with van der Waals surface area (Å²) in [5.41, 5.74) is 7.84. The molecule has 0 bridgehead atoms. The Balaban J connectivity index is 2.60. The number of carbonyl (C=O) groups is 2. The van der Waals surface area contributed by atoms with E-state index >= 15 is 0 Å². The predicted molar refractivity (Wildman–Crippen MR) is 99.0 cm³/mol. The van der Waals surface area contributed by atoms with E-state index in [4.69, 9.17) is 5.73 Å². The van der Waals surface area contributed by atoms with E-state index in [0.29, 0.717) is 21.8 Å².